The van der Waals surface area contributed by atoms with E-state index in [-0.39, 0.29) is 0 Å². The van der Waals surface area contributed by atoms with E-state index in [4.69, 9.17) is 18.7 Å². The van der Waals surface area contributed by atoms with Gasteiger partial charge < -0.3 is 24.1 Å². The monoisotopic (exact) mass is 340 g/mol. The Morgan fingerprint density at radius 3 is 2.20 bits per heavy atom. The topological polar surface area (TPSA) is 65.8 Å². The molecule has 0 spiro atoms. The molecule has 0 amide bonds. The zero-order valence-corrected chi connectivity index (χ0v) is 14.4. The van der Waals surface area contributed by atoms with Gasteiger partial charge in [0.1, 0.15) is 5.69 Å². The van der Waals surface area contributed by atoms with Crippen LogP contribution in [0.15, 0.2) is 53.1 Å². The fourth-order valence-corrected chi connectivity index (χ4v) is 2.51. The summed E-state index contributed by atoms with van der Waals surface area (Å²) in [6.45, 7) is 0.485. The van der Waals surface area contributed by atoms with Gasteiger partial charge in [-0.2, -0.15) is 0 Å². The molecule has 1 N–H and O–H groups in total. The van der Waals surface area contributed by atoms with E-state index in [1.54, 1.807) is 21.3 Å². The van der Waals surface area contributed by atoms with Crippen molar-refractivity contribution in [2.75, 3.05) is 26.6 Å². The van der Waals surface area contributed by atoms with Gasteiger partial charge in [-0.05, 0) is 0 Å². The fourth-order valence-electron chi connectivity index (χ4n) is 2.51. The third kappa shape index (κ3) is 3.68. The molecule has 2 aromatic carbocycles. The van der Waals surface area contributed by atoms with Crippen LogP contribution in [0.2, 0.25) is 0 Å². The lowest BCUT2D eigenvalue weighted by molar-refractivity contribution is 0.324. The van der Waals surface area contributed by atoms with Crippen molar-refractivity contribution in [2.45, 2.75) is 6.54 Å². The van der Waals surface area contributed by atoms with Crippen molar-refractivity contribution in [3.8, 4) is 28.5 Å². The van der Waals surface area contributed by atoms with Gasteiger partial charge in [-0.3, -0.25) is 0 Å². The molecule has 1 aromatic heterocycles. The summed E-state index contributed by atoms with van der Waals surface area (Å²) in [6.07, 6.45) is 0. The summed E-state index contributed by atoms with van der Waals surface area (Å²) in [6, 6.07) is 15.5. The number of aromatic nitrogens is 1. The van der Waals surface area contributed by atoms with Crippen LogP contribution in [0.3, 0.4) is 0 Å². The highest BCUT2D eigenvalue weighted by Gasteiger charge is 2.13. The van der Waals surface area contributed by atoms with Gasteiger partial charge in [-0.1, -0.05) is 35.5 Å². The molecule has 3 rings (SSSR count). The van der Waals surface area contributed by atoms with Crippen molar-refractivity contribution in [3.05, 3.63) is 54.3 Å². The van der Waals surface area contributed by atoms with Gasteiger partial charge in [-0.15, -0.1) is 0 Å². The van der Waals surface area contributed by atoms with Crippen LogP contribution in [-0.2, 0) is 6.54 Å². The Labute approximate surface area is 146 Å². The summed E-state index contributed by atoms with van der Waals surface area (Å²) in [7, 11) is 4.75. The van der Waals surface area contributed by atoms with E-state index in [9.17, 15) is 0 Å². The third-order valence-corrected chi connectivity index (χ3v) is 3.76. The lowest BCUT2D eigenvalue weighted by Crippen LogP contribution is -2.01. The lowest BCUT2D eigenvalue weighted by Gasteiger charge is -2.14. The third-order valence-electron chi connectivity index (χ3n) is 3.76. The molecule has 0 radical (unpaired) electrons. The molecule has 130 valence electrons. The van der Waals surface area contributed by atoms with Gasteiger partial charge >= 0.3 is 0 Å². The van der Waals surface area contributed by atoms with Crippen LogP contribution in [0.25, 0.3) is 11.3 Å². The van der Waals surface area contributed by atoms with E-state index in [1.165, 1.54) is 0 Å². The van der Waals surface area contributed by atoms with Gasteiger partial charge in [0.15, 0.2) is 17.3 Å². The highest BCUT2D eigenvalue weighted by atomic mass is 16.5. The van der Waals surface area contributed by atoms with Crippen LogP contribution in [0.5, 0.6) is 17.2 Å². The van der Waals surface area contributed by atoms with E-state index in [2.05, 4.69) is 10.5 Å². The molecule has 0 bridgehead atoms. The van der Waals surface area contributed by atoms with Crippen molar-refractivity contribution in [3.63, 3.8) is 0 Å². The van der Waals surface area contributed by atoms with Gasteiger partial charge in [0.2, 0.25) is 5.75 Å². The maximum atomic E-state index is 5.40. The number of ether oxygens (including phenoxy) is 3. The van der Waals surface area contributed by atoms with Gasteiger partial charge in [0, 0.05) is 29.4 Å². The molecule has 0 fully saturated rings. The van der Waals surface area contributed by atoms with E-state index < -0.39 is 0 Å². The van der Waals surface area contributed by atoms with Crippen molar-refractivity contribution < 1.29 is 18.7 Å². The molecule has 6 nitrogen and oxygen atoms in total. The minimum absolute atomic E-state index is 0.485. The van der Waals surface area contributed by atoms with Gasteiger partial charge in [0.05, 0.1) is 27.9 Å². The number of benzene rings is 2. The summed E-state index contributed by atoms with van der Waals surface area (Å²) >= 11 is 0. The SMILES string of the molecule is COc1cc(NCc2cc(-c3ccccc3)no2)cc(OC)c1OC. The first-order valence-electron chi connectivity index (χ1n) is 7.80. The van der Waals surface area contributed by atoms with Crippen molar-refractivity contribution in [1.29, 1.82) is 0 Å². The van der Waals surface area contributed by atoms with Crippen LogP contribution in [0.4, 0.5) is 5.69 Å². The molecule has 0 atom stereocenters. The molecule has 0 aliphatic heterocycles. The quantitative estimate of drug-likeness (QED) is 0.702. The number of nitrogens with zero attached hydrogens (tertiary/aromatic N) is 1. The smallest absolute Gasteiger partial charge is 0.203 e. The average molecular weight is 340 g/mol. The zero-order chi connectivity index (χ0) is 17.6. The standard InChI is InChI=1S/C19H20N2O4/c1-22-17-9-14(10-18(23-2)19(17)24-3)20-12-15-11-16(21-25-15)13-7-5-4-6-8-13/h4-11,20H,12H2,1-3H3. The predicted molar refractivity (Wildman–Crippen MR) is 95.4 cm³/mol. The second-order valence-corrected chi connectivity index (χ2v) is 5.31. The maximum Gasteiger partial charge on any atom is 0.203 e. The molecule has 0 unspecified atom stereocenters. The largest absolute Gasteiger partial charge is 0.493 e. The Balaban J connectivity index is 1.75. The van der Waals surface area contributed by atoms with E-state index in [0.29, 0.717) is 23.8 Å². The van der Waals surface area contributed by atoms with E-state index >= 15 is 0 Å². The van der Waals surface area contributed by atoms with Crippen LogP contribution in [0, 0.1) is 0 Å². The molecular weight excluding hydrogens is 320 g/mol. The summed E-state index contributed by atoms with van der Waals surface area (Å²) < 4.78 is 21.4. The molecule has 0 aliphatic rings. The van der Waals surface area contributed by atoms with Gasteiger partial charge in [0.25, 0.3) is 0 Å². The number of anilines is 1. The molecule has 1 heterocycles. The Kier molecular flexibility index (Phi) is 5.09. The predicted octanol–water partition coefficient (Wildman–Crippen LogP) is 3.98. The lowest BCUT2D eigenvalue weighted by atomic mass is 10.1. The van der Waals surface area contributed by atoms with Crippen LogP contribution >= 0.6 is 0 Å². The van der Waals surface area contributed by atoms with Crippen molar-refractivity contribution in [1.82, 2.24) is 5.16 Å². The molecule has 6 heteroatoms. The Hall–Kier alpha value is -3.15. The second-order valence-electron chi connectivity index (χ2n) is 5.31. The minimum atomic E-state index is 0.485. The molecule has 0 aliphatic carbocycles. The van der Waals surface area contributed by atoms with Crippen LogP contribution < -0.4 is 19.5 Å². The minimum Gasteiger partial charge on any atom is -0.493 e. The highest BCUT2D eigenvalue weighted by molar-refractivity contribution is 5.63. The van der Waals surface area contributed by atoms with Crippen molar-refractivity contribution >= 4 is 5.69 Å². The Bertz CT molecular complexity index is 805. The summed E-state index contributed by atoms with van der Waals surface area (Å²) in [5.41, 5.74) is 2.65. The number of methoxy groups -OCH3 is 3. The molecule has 3 aromatic rings. The van der Waals surface area contributed by atoms with E-state index in [1.807, 2.05) is 48.5 Å². The Morgan fingerprint density at radius 2 is 1.60 bits per heavy atom. The average Bonchev–Trinajstić information content (AvgIpc) is 3.15. The van der Waals surface area contributed by atoms with Crippen molar-refractivity contribution in [2.24, 2.45) is 0 Å². The number of rotatable bonds is 7. The number of hydrogen-bond acceptors (Lipinski definition) is 6. The summed E-state index contributed by atoms with van der Waals surface area (Å²) in [4.78, 5) is 0. The maximum absolute atomic E-state index is 5.40. The molecule has 0 saturated heterocycles. The zero-order valence-electron chi connectivity index (χ0n) is 14.4. The summed E-state index contributed by atoms with van der Waals surface area (Å²) in [5.74, 6) is 2.47. The molecule has 25 heavy (non-hydrogen) atoms. The molecular formula is C19H20N2O4. The highest BCUT2D eigenvalue weighted by Crippen LogP contribution is 2.40. The normalized spacial score (nSPS) is 10.4. The second kappa shape index (κ2) is 7.61. The molecule has 0 saturated carbocycles. The van der Waals surface area contributed by atoms with E-state index in [0.717, 1.165) is 22.7 Å². The first kappa shape index (κ1) is 16.7. The Morgan fingerprint density at radius 1 is 0.920 bits per heavy atom. The van der Waals surface area contributed by atoms with Crippen LogP contribution in [-0.4, -0.2) is 26.5 Å². The fraction of sp³-hybridized carbons (Fsp3) is 0.211. The van der Waals surface area contributed by atoms with Crippen LogP contribution in [0.1, 0.15) is 5.76 Å². The summed E-state index contributed by atoms with van der Waals surface area (Å²) in [5, 5.41) is 7.39. The number of hydrogen-bond donors (Lipinski definition) is 1. The first-order chi connectivity index (χ1) is 12.2. The number of nitrogens with one attached hydrogen (secondary N) is 1. The van der Waals surface area contributed by atoms with Gasteiger partial charge in [-0.25, -0.2) is 0 Å². The first-order valence-corrected chi connectivity index (χ1v) is 7.80.